The highest BCUT2D eigenvalue weighted by Gasteiger charge is 1.99. The lowest BCUT2D eigenvalue weighted by Gasteiger charge is -2.02. The normalized spacial score (nSPS) is 11.9. The van der Waals surface area contributed by atoms with Crippen LogP contribution in [0.5, 0.6) is 5.75 Å². The second-order valence-electron chi connectivity index (χ2n) is 4.53. The summed E-state index contributed by atoms with van der Waals surface area (Å²) in [5.74, 6) is 0.879. The molecule has 4 nitrogen and oxygen atoms in total. The van der Waals surface area contributed by atoms with E-state index in [-0.39, 0.29) is 6.61 Å². The summed E-state index contributed by atoms with van der Waals surface area (Å²) < 4.78 is 31.3. The van der Waals surface area contributed by atoms with Crippen LogP contribution in [-0.4, -0.2) is 28.4 Å². The zero-order chi connectivity index (χ0) is 14.8. The Morgan fingerprint density at radius 1 is 1.20 bits per heavy atom. The summed E-state index contributed by atoms with van der Waals surface area (Å²) in [6, 6.07) is 8.03. The third kappa shape index (κ3) is 7.96. The summed E-state index contributed by atoms with van der Waals surface area (Å²) in [6.45, 7) is 0.249. The number of aryl methyl sites for hydroxylation is 1. The average molecular weight is 298 g/mol. The third-order valence-electron chi connectivity index (χ3n) is 2.71. The van der Waals surface area contributed by atoms with Crippen molar-refractivity contribution in [2.75, 3.05) is 20.0 Å². The van der Waals surface area contributed by atoms with E-state index in [1.807, 2.05) is 18.2 Å². The third-order valence-corrected chi connectivity index (χ3v) is 3.31. The molecule has 0 heterocycles. The van der Waals surface area contributed by atoms with Crippen LogP contribution in [0, 0.1) is 0 Å². The van der Waals surface area contributed by atoms with E-state index in [4.69, 9.17) is 4.74 Å². The number of ether oxygens (including phenoxy) is 1. The summed E-state index contributed by atoms with van der Waals surface area (Å²) in [5.41, 5.74) is 1.24. The van der Waals surface area contributed by atoms with Crippen molar-refractivity contribution in [3.63, 3.8) is 0 Å². The highest BCUT2D eigenvalue weighted by molar-refractivity contribution is 7.85. The van der Waals surface area contributed by atoms with Gasteiger partial charge in [-0.3, -0.25) is 4.18 Å². The fourth-order valence-electron chi connectivity index (χ4n) is 1.73. The molecule has 0 unspecified atom stereocenters. The number of allylic oxidation sites excluding steroid dienone is 2. The van der Waals surface area contributed by atoms with E-state index in [2.05, 4.69) is 22.4 Å². The van der Waals surface area contributed by atoms with Crippen LogP contribution in [0.25, 0.3) is 0 Å². The maximum absolute atomic E-state index is 10.7. The summed E-state index contributed by atoms with van der Waals surface area (Å²) in [5, 5.41) is 0. The Bertz CT molecular complexity index is 520. The number of methoxy groups -OCH3 is 1. The Morgan fingerprint density at radius 3 is 2.65 bits per heavy atom. The second-order valence-corrected chi connectivity index (χ2v) is 6.17. The number of hydrogen-bond acceptors (Lipinski definition) is 4. The van der Waals surface area contributed by atoms with E-state index in [1.165, 1.54) is 5.56 Å². The van der Waals surface area contributed by atoms with E-state index in [9.17, 15) is 8.42 Å². The largest absolute Gasteiger partial charge is 0.497 e. The minimum atomic E-state index is -3.30. The summed E-state index contributed by atoms with van der Waals surface area (Å²) in [4.78, 5) is 0. The molecule has 1 aromatic rings. The van der Waals surface area contributed by atoms with Crippen LogP contribution < -0.4 is 4.74 Å². The highest BCUT2D eigenvalue weighted by atomic mass is 32.2. The van der Waals surface area contributed by atoms with E-state index in [1.54, 1.807) is 7.11 Å². The molecule has 0 aliphatic heterocycles. The van der Waals surface area contributed by atoms with Crippen molar-refractivity contribution >= 4 is 10.1 Å². The number of rotatable bonds is 9. The Balaban J connectivity index is 2.15. The zero-order valence-electron chi connectivity index (χ0n) is 12.0. The van der Waals surface area contributed by atoms with Crippen LogP contribution in [0.1, 0.15) is 24.8 Å². The standard InChI is InChI=1S/C15H22O4S/c1-18-15-11-8-10-14(13-15)9-6-4-3-5-7-12-19-20(2,16)17/h3-4,8,10-11,13H,5-7,9,12H2,1-2H3/b4-3+. The molecule has 112 valence electrons. The molecule has 0 N–H and O–H groups in total. The van der Waals surface area contributed by atoms with Crippen molar-refractivity contribution in [1.82, 2.24) is 0 Å². The molecular weight excluding hydrogens is 276 g/mol. The van der Waals surface area contributed by atoms with Crippen LogP contribution in [0.4, 0.5) is 0 Å². The first-order chi connectivity index (χ1) is 9.51. The predicted molar refractivity (Wildman–Crippen MR) is 80.5 cm³/mol. The molecule has 0 fully saturated rings. The summed E-state index contributed by atoms with van der Waals surface area (Å²) in [7, 11) is -1.64. The predicted octanol–water partition coefficient (Wildman–Crippen LogP) is 2.94. The first-order valence-electron chi connectivity index (χ1n) is 6.63. The monoisotopic (exact) mass is 298 g/mol. The van der Waals surface area contributed by atoms with Gasteiger partial charge in [-0.05, 0) is 43.4 Å². The van der Waals surface area contributed by atoms with Crippen molar-refractivity contribution in [2.24, 2.45) is 0 Å². The Hall–Kier alpha value is -1.33. The second kappa shape index (κ2) is 8.76. The molecular formula is C15H22O4S. The number of unbranched alkanes of at least 4 members (excludes halogenated alkanes) is 1. The van der Waals surface area contributed by atoms with Gasteiger partial charge in [0, 0.05) is 0 Å². The lowest BCUT2D eigenvalue weighted by molar-refractivity contribution is 0.317. The average Bonchev–Trinajstić information content (AvgIpc) is 2.41. The molecule has 0 amide bonds. The van der Waals surface area contributed by atoms with Gasteiger partial charge in [0.25, 0.3) is 10.1 Å². The van der Waals surface area contributed by atoms with Crippen LogP contribution >= 0.6 is 0 Å². The molecule has 20 heavy (non-hydrogen) atoms. The molecule has 0 spiro atoms. The molecule has 1 rings (SSSR count). The van der Waals surface area contributed by atoms with Gasteiger partial charge in [-0.1, -0.05) is 24.3 Å². The molecule has 0 radical (unpaired) electrons. The molecule has 0 aliphatic carbocycles. The van der Waals surface area contributed by atoms with Crippen LogP contribution in [-0.2, 0) is 20.7 Å². The summed E-state index contributed by atoms with van der Waals surface area (Å²) in [6.07, 6.45) is 8.70. The van der Waals surface area contributed by atoms with Crippen LogP contribution in [0.2, 0.25) is 0 Å². The molecule has 0 aliphatic rings. The van der Waals surface area contributed by atoms with Crippen LogP contribution in [0.15, 0.2) is 36.4 Å². The van der Waals surface area contributed by atoms with Gasteiger partial charge in [0.15, 0.2) is 0 Å². The van der Waals surface area contributed by atoms with Gasteiger partial charge in [0.2, 0.25) is 0 Å². The fourth-order valence-corrected chi connectivity index (χ4v) is 2.15. The highest BCUT2D eigenvalue weighted by Crippen LogP contribution is 2.14. The molecule has 5 heteroatoms. The van der Waals surface area contributed by atoms with Crippen molar-refractivity contribution < 1.29 is 17.3 Å². The lowest BCUT2D eigenvalue weighted by Crippen LogP contribution is -2.03. The van der Waals surface area contributed by atoms with Crippen molar-refractivity contribution in [1.29, 1.82) is 0 Å². The molecule has 1 aromatic carbocycles. The van der Waals surface area contributed by atoms with E-state index >= 15 is 0 Å². The lowest BCUT2D eigenvalue weighted by atomic mass is 10.1. The van der Waals surface area contributed by atoms with Gasteiger partial charge in [-0.2, -0.15) is 8.42 Å². The van der Waals surface area contributed by atoms with E-state index < -0.39 is 10.1 Å². The molecule has 0 bridgehead atoms. The quantitative estimate of drug-likeness (QED) is 0.399. The van der Waals surface area contributed by atoms with Gasteiger partial charge in [0.1, 0.15) is 5.75 Å². The molecule has 0 saturated heterocycles. The number of benzene rings is 1. The van der Waals surface area contributed by atoms with Gasteiger partial charge < -0.3 is 4.74 Å². The maximum Gasteiger partial charge on any atom is 0.264 e. The minimum Gasteiger partial charge on any atom is -0.497 e. The summed E-state index contributed by atoms with van der Waals surface area (Å²) >= 11 is 0. The Labute approximate surface area is 121 Å². The van der Waals surface area contributed by atoms with Gasteiger partial charge in [-0.15, -0.1) is 0 Å². The van der Waals surface area contributed by atoms with Crippen molar-refractivity contribution in [3.05, 3.63) is 42.0 Å². The zero-order valence-corrected chi connectivity index (χ0v) is 12.9. The first-order valence-corrected chi connectivity index (χ1v) is 8.45. The Morgan fingerprint density at radius 2 is 1.95 bits per heavy atom. The van der Waals surface area contributed by atoms with Crippen molar-refractivity contribution in [2.45, 2.75) is 25.7 Å². The fraction of sp³-hybridized carbons (Fsp3) is 0.467. The molecule has 0 saturated carbocycles. The smallest absolute Gasteiger partial charge is 0.264 e. The van der Waals surface area contributed by atoms with Gasteiger partial charge >= 0.3 is 0 Å². The SMILES string of the molecule is COc1cccc(CC/C=C/CCCOS(C)(=O)=O)c1. The van der Waals surface area contributed by atoms with E-state index in [0.29, 0.717) is 6.42 Å². The van der Waals surface area contributed by atoms with E-state index in [0.717, 1.165) is 31.3 Å². The van der Waals surface area contributed by atoms with Gasteiger partial charge in [0.05, 0.1) is 20.0 Å². The minimum absolute atomic E-state index is 0.249. The van der Waals surface area contributed by atoms with Gasteiger partial charge in [-0.25, -0.2) is 0 Å². The van der Waals surface area contributed by atoms with Crippen LogP contribution in [0.3, 0.4) is 0 Å². The van der Waals surface area contributed by atoms with Crippen molar-refractivity contribution in [3.8, 4) is 5.75 Å². The number of hydrogen-bond donors (Lipinski definition) is 0. The maximum atomic E-state index is 10.7. The first kappa shape index (κ1) is 16.7. The topological polar surface area (TPSA) is 52.6 Å². The Kier molecular flexibility index (Phi) is 7.33. The molecule has 0 aromatic heterocycles. The molecule has 0 atom stereocenters.